The Bertz CT molecular complexity index is 737. The minimum atomic E-state index is -0.662. The zero-order chi connectivity index (χ0) is 17.7. The molecule has 0 atom stereocenters. The number of thiazole rings is 1. The first kappa shape index (κ1) is 18.0. The lowest BCUT2D eigenvalue weighted by molar-refractivity contribution is 0.00673. The van der Waals surface area contributed by atoms with E-state index in [1.54, 1.807) is 40.1 Å². The van der Waals surface area contributed by atoms with Crippen LogP contribution in [0.1, 0.15) is 46.5 Å². The summed E-state index contributed by atoms with van der Waals surface area (Å²) in [5.41, 5.74) is -0.556. The number of methoxy groups -OCH3 is 1. The van der Waals surface area contributed by atoms with Crippen LogP contribution in [0.3, 0.4) is 0 Å². The summed E-state index contributed by atoms with van der Waals surface area (Å²) < 4.78 is 10.3. The van der Waals surface area contributed by atoms with E-state index in [1.165, 1.54) is 23.6 Å². The molecule has 8 heteroatoms. The van der Waals surface area contributed by atoms with E-state index in [-0.39, 0.29) is 11.3 Å². The van der Waals surface area contributed by atoms with Crippen LogP contribution in [0.4, 0.5) is 5.13 Å². The number of pyridine rings is 1. The fraction of sp³-hybridized carbons (Fsp3) is 0.375. The third-order valence-corrected chi connectivity index (χ3v) is 3.59. The third-order valence-electron chi connectivity index (χ3n) is 2.70. The minimum absolute atomic E-state index is 0.00441. The Morgan fingerprint density at radius 1 is 1.29 bits per heavy atom. The first-order valence-electron chi connectivity index (χ1n) is 7.23. The molecule has 0 aliphatic rings. The monoisotopic (exact) mass is 349 g/mol. The van der Waals surface area contributed by atoms with Crippen LogP contribution in [0.15, 0.2) is 24.5 Å². The summed E-state index contributed by atoms with van der Waals surface area (Å²) in [7, 11) is 1.58. The van der Waals surface area contributed by atoms with Gasteiger partial charge in [-0.25, -0.2) is 9.78 Å². The molecular weight excluding hydrogens is 330 g/mol. The maximum atomic E-state index is 12.4. The molecule has 0 aromatic carbocycles. The van der Waals surface area contributed by atoms with Crippen molar-refractivity contribution in [2.45, 2.75) is 33.0 Å². The second kappa shape index (κ2) is 7.50. The van der Waals surface area contributed by atoms with Gasteiger partial charge in [-0.15, -0.1) is 0 Å². The number of carbonyl (C=O) groups excluding carboxylic acids is 2. The summed E-state index contributed by atoms with van der Waals surface area (Å²) >= 11 is 1.29. The number of ether oxygens (including phenoxy) is 2. The highest BCUT2D eigenvalue weighted by Gasteiger charge is 2.24. The van der Waals surface area contributed by atoms with Crippen LogP contribution in [0, 0.1) is 0 Å². The number of nitrogens with zero attached hydrogens (tertiary/aromatic N) is 2. The van der Waals surface area contributed by atoms with E-state index in [0.29, 0.717) is 11.7 Å². The highest BCUT2D eigenvalue weighted by molar-refractivity contribution is 7.15. The van der Waals surface area contributed by atoms with Crippen LogP contribution in [-0.4, -0.2) is 34.6 Å². The number of hydrogen-bond donors (Lipinski definition) is 1. The third kappa shape index (κ3) is 4.84. The van der Waals surface area contributed by atoms with Gasteiger partial charge in [0, 0.05) is 19.5 Å². The van der Waals surface area contributed by atoms with Gasteiger partial charge >= 0.3 is 5.97 Å². The lowest BCUT2D eigenvalue weighted by Crippen LogP contribution is -2.26. The molecule has 0 saturated carbocycles. The number of anilines is 1. The molecule has 2 aromatic rings. The van der Waals surface area contributed by atoms with Crippen LogP contribution in [0.25, 0.3) is 0 Å². The highest BCUT2D eigenvalue weighted by atomic mass is 32.1. The van der Waals surface area contributed by atoms with Crippen molar-refractivity contribution in [1.82, 2.24) is 9.97 Å². The fourth-order valence-electron chi connectivity index (χ4n) is 1.81. The van der Waals surface area contributed by atoms with Crippen molar-refractivity contribution in [3.05, 3.63) is 40.7 Å². The topological polar surface area (TPSA) is 90.4 Å². The number of rotatable bonds is 5. The van der Waals surface area contributed by atoms with Gasteiger partial charge in [0.15, 0.2) is 5.13 Å². The molecule has 2 aromatic heterocycles. The van der Waals surface area contributed by atoms with Crippen LogP contribution >= 0.6 is 11.3 Å². The molecule has 0 bridgehead atoms. The van der Waals surface area contributed by atoms with E-state index in [2.05, 4.69) is 15.3 Å². The zero-order valence-electron chi connectivity index (χ0n) is 14.0. The normalized spacial score (nSPS) is 11.2. The quantitative estimate of drug-likeness (QED) is 0.835. The average molecular weight is 349 g/mol. The van der Waals surface area contributed by atoms with Gasteiger partial charge in [0.2, 0.25) is 0 Å². The molecular formula is C16H19N3O4S. The van der Waals surface area contributed by atoms with E-state index < -0.39 is 17.5 Å². The Morgan fingerprint density at radius 3 is 2.71 bits per heavy atom. The summed E-state index contributed by atoms with van der Waals surface area (Å²) in [5.74, 6) is -1.12. The van der Waals surface area contributed by atoms with E-state index in [1.807, 2.05) is 0 Å². The Labute approximate surface area is 144 Å². The highest BCUT2D eigenvalue weighted by Crippen LogP contribution is 2.20. The number of carbonyl (C=O) groups is 2. The molecule has 0 saturated heterocycles. The van der Waals surface area contributed by atoms with Crippen molar-refractivity contribution >= 4 is 28.3 Å². The molecule has 0 aliphatic heterocycles. The van der Waals surface area contributed by atoms with Gasteiger partial charge < -0.3 is 9.47 Å². The van der Waals surface area contributed by atoms with E-state index in [4.69, 9.17) is 9.47 Å². The van der Waals surface area contributed by atoms with Crippen molar-refractivity contribution in [3.8, 4) is 0 Å². The molecule has 24 heavy (non-hydrogen) atoms. The first-order chi connectivity index (χ1) is 11.3. The maximum absolute atomic E-state index is 12.4. The molecule has 2 rings (SSSR count). The summed E-state index contributed by atoms with van der Waals surface area (Å²) in [6.07, 6.45) is 3.07. The molecule has 7 nitrogen and oxygen atoms in total. The number of esters is 1. The second-order valence-electron chi connectivity index (χ2n) is 5.92. The van der Waals surface area contributed by atoms with Crippen molar-refractivity contribution in [2.24, 2.45) is 0 Å². The van der Waals surface area contributed by atoms with Crippen LogP contribution in [0.2, 0.25) is 0 Å². The van der Waals surface area contributed by atoms with E-state index >= 15 is 0 Å². The molecule has 128 valence electrons. The summed E-state index contributed by atoms with van der Waals surface area (Å²) in [4.78, 5) is 33.7. The average Bonchev–Trinajstić information content (AvgIpc) is 2.93. The molecule has 0 fully saturated rings. The van der Waals surface area contributed by atoms with Crippen LogP contribution < -0.4 is 5.32 Å². The van der Waals surface area contributed by atoms with Crippen molar-refractivity contribution in [2.75, 3.05) is 12.4 Å². The predicted molar refractivity (Wildman–Crippen MR) is 90.2 cm³/mol. The zero-order valence-corrected chi connectivity index (χ0v) is 14.8. The van der Waals surface area contributed by atoms with Crippen LogP contribution in [0.5, 0.6) is 0 Å². The molecule has 1 N–H and O–H groups in total. The lowest BCUT2D eigenvalue weighted by atomic mass is 10.1. The number of nitrogens with one attached hydrogen (secondary N) is 1. The van der Waals surface area contributed by atoms with Crippen molar-refractivity contribution in [3.63, 3.8) is 0 Å². The standard InChI is InChI=1S/C16H19N3O4S/c1-16(2,3)23-14(21)11-6-5-7-17-12(11)13(20)19-15-18-8-10(24-15)9-22-4/h5-8H,9H2,1-4H3,(H,18,19,20). The van der Waals surface area contributed by atoms with Gasteiger partial charge in [0.05, 0.1) is 17.0 Å². The van der Waals surface area contributed by atoms with E-state index in [9.17, 15) is 9.59 Å². The van der Waals surface area contributed by atoms with E-state index in [0.717, 1.165) is 4.88 Å². The summed E-state index contributed by atoms with van der Waals surface area (Å²) in [6, 6.07) is 3.09. The van der Waals surface area contributed by atoms with Crippen LogP contribution in [-0.2, 0) is 16.1 Å². The van der Waals surface area contributed by atoms with Gasteiger partial charge in [-0.2, -0.15) is 0 Å². The van der Waals surface area contributed by atoms with Gasteiger partial charge in [-0.3, -0.25) is 15.1 Å². The Hall–Kier alpha value is -2.32. The summed E-state index contributed by atoms with van der Waals surface area (Å²) in [5, 5.41) is 3.05. The second-order valence-corrected chi connectivity index (χ2v) is 7.04. The molecule has 0 radical (unpaired) electrons. The van der Waals surface area contributed by atoms with Crippen molar-refractivity contribution in [1.29, 1.82) is 0 Å². The number of aromatic nitrogens is 2. The summed E-state index contributed by atoms with van der Waals surface area (Å²) in [6.45, 7) is 5.69. The van der Waals surface area contributed by atoms with Gasteiger partial charge in [0.1, 0.15) is 11.3 Å². The molecule has 2 heterocycles. The molecule has 0 unspecified atom stereocenters. The molecule has 0 spiro atoms. The Morgan fingerprint density at radius 2 is 2.04 bits per heavy atom. The smallest absolute Gasteiger partial charge is 0.341 e. The Kier molecular flexibility index (Phi) is 5.63. The molecule has 1 amide bonds. The Balaban J connectivity index is 2.18. The van der Waals surface area contributed by atoms with Crippen molar-refractivity contribution < 1.29 is 19.1 Å². The number of amides is 1. The lowest BCUT2D eigenvalue weighted by Gasteiger charge is -2.20. The maximum Gasteiger partial charge on any atom is 0.341 e. The minimum Gasteiger partial charge on any atom is -0.456 e. The van der Waals surface area contributed by atoms with Gasteiger partial charge in [0.25, 0.3) is 5.91 Å². The fourth-order valence-corrected chi connectivity index (χ4v) is 2.59. The molecule has 0 aliphatic carbocycles. The van der Waals surface area contributed by atoms with Gasteiger partial charge in [-0.1, -0.05) is 11.3 Å². The SMILES string of the molecule is COCc1cnc(NC(=O)c2ncccc2C(=O)OC(C)(C)C)s1. The predicted octanol–water partition coefficient (Wildman–Crippen LogP) is 2.89. The number of hydrogen-bond acceptors (Lipinski definition) is 7. The largest absolute Gasteiger partial charge is 0.456 e. The first-order valence-corrected chi connectivity index (χ1v) is 8.05. The van der Waals surface area contributed by atoms with Gasteiger partial charge in [-0.05, 0) is 32.9 Å².